The van der Waals surface area contributed by atoms with Crippen LogP contribution in [-0.2, 0) is 14.3 Å². The Morgan fingerprint density at radius 1 is 1.38 bits per heavy atom. The van der Waals surface area contributed by atoms with Gasteiger partial charge in [0.15, 0.2) is 0 Å². The fraction of sp³-hybridized carbons (Fsp3) is 0.267. The van der Waals surface area contributed by atoms with Crippen molar-refractivity contribution in [2.45, 2.75) is 19.4 Å². The number of amides is 2. The molecular weight excluding hydrogens is 314 g/mol. The number of carbonyl (C=O) groups is 3. The second-order valence-corrected chi connectivity index (χ2v) is 5.08. The fourth-order valence-electron chi connectivity index (χ4n) is 2.34. The van der Waals surface area contributed by atoms with E-state index in [1.165, 1.54) is 11.0 Å². The number of fused-ring (bicyclic) bond motifs is 1. The highest BCUT2D eigenvalue weighted by Crippen LogP contribution is 2.23. The monoisotopic (exact) mass is 329 g/mol. The van der Waals surface area contributed by atoms with Gasteiger partial charge in [-0.25, -0.2) is 9.48 Å². The van der Waals surface area contributed by atoms with Gasteiger partial charge in [-0.15, -0.1) is 0 Å². The first-order chi connectivity index (χ1) is 11.6. The second kappa shape index (κ2) is 6.49. The molecule has 1 aromatic heterocycles. The summed E-state index contributed by atoms with van der Waals surface area (Å²) >= 11 is 0. The first kappa shape index (κ1) is 15.7. The molecule has 1 unspecified atom stereocenters. The first-order valence-electron chi connectivity index (χ1n) is 7.36. The van der Waals surface area contributed by atoms with Gasteiger partial charge >= 0.3 is 5.97 Å². The minimum absolute atomic E-state index is 0.0247. The molecule has 1 aliphatic heterocycles. The standard InChI is InChI=1S/C15H15N5O4/c1-2-24-14(23)9-3-5-10(6-4-9)18-13(22)11-7-12(21)19-15-16-8-17-20(11)15/h3-6,8,11H,2,7H2,1H3,(H,18,22)(H,16,17,19,21). The Morgan fingerprint density at radius 2 is 2.12 bits per heavy atom. The molecule has 24 heavy (non-hydrogen) atoms. The smallest absolute Gasteiger partial charge is 0.338 e. The summed E-state index contributed by atoms with van der Waals surface area (Å²) in [7, 11) is 0. The Morgan fingerprint density at radius 3 is 2.83 bits per heavy atom. The van der Waals surface area contributed by atoms with Crippen molar-refractivity contribution in [1.82, 2.24) is 14.8 Å². The normalized spacial score (nSPS) is 16.0. The number of hydrogen-bond donors (Lipinski definition) is 2. The summed E-state index contributed by atoms with van der Waals surface area (Å²) in [5.41, 5.74) is 0.895. The molecule has 124 valence electrons. The van der Waals surface area contributed by atoms with Gasteiger partial charge in [-0.1, -0.05) is 0 Å². The molecule has 0 bridgehead atoms. The van der Waals surface area contributed by atoms with E-state index in [4.69, 9.17) is 4.74 Å². The Balaban J connectivity index is 1.72. The number of benzene rings is 1. The van der Waals surface area contributed by atoms with E-state index in [9.17, 15) is 14.4 Å². The van der Waals surface area contributed by atoms with Gasteiger partial charge in [0.25, 0.3) is 0 Å². The van der Waals surface area contributed by atoms with Gasteiger partial charge in [0, 0.05) is 5.69 Å². The van der Waals surface area contributed by atoms with Gasteiger partial charge in [-0.3, -0.25) is 14.9 Å². The summed E-state index contributed by atoms with van der Waals surface area (Å²) in [5.74, 6) is -0.871. The van der Waals surface area contributed by atoms with Crippen molar-refractivity contribution in [2.24, 2.45) is 0 Å². The maximum absolute atomic E-state index is 12.4. The summed E-state index contributed by atoms with van der Waals surface area (Å²) in [5, 5.41) is 9.20. The number of aromatic nitrogens is 3. The topological polar surface area (TPSA) is 115 Å². The Bertz CT molecular complexity index is 783. The van der Waals surface area contributed by atoms with E-state index in [0.29, 0.717) is 17.9 Å². The minimum atomic E-state index is -0.777. The highest BCUT2D eigenvalue weighted by molar-refractivity contribution is 6.01. The van der Waals surface area contributed by atoms with Crippen LogP contribution in [0.1, 0.15) is 29.7 Å². The van der Waals surface area contributed by atoms with E-state index < -0.39 is 12.0 Å². The molecule has 0 spiro atoms. The quantitative estimate of drug-likeness (QED) is 0.808. The van der Waals surface area contributed by atoms with Gasteiger partial charge in [0.1, 0.15) is 12.4 Å². The zero-order chi connectivity index (χ0) is 17.1. The molecule has 0 radical (unpaired) electrons. The molecule has 2 amide bonds. The molecule has 0 aliphatic carbocycles. The molecule has 1 atom stereocenters. The maximum Gasteiger partial charge on any atom is 0.338 e. The zero-order valence-corrected chi connectivity index (χ0v) is 12.9. The van der Waals surface area contributed by atoms with E-state index in [2.05, 4.69) is 20.7 Å². The molecule has 1 aliphatic rings. The van der Waals surface area contributed by atoms with Crippen LogP contribution in [0.25, 0.3) is 0 Å². The molecular formula is C15H15N5O4. The number of rotatable bonds is 4. The van der Waals surface area contributed by atoms with Crippen molar-refractivity contribution in [1.29, 1.82) is 0 Å². The molecule has 0 saturated carbocycles. The summed E-state index contributed by atoms with van der Waals surface area (Å²) in [6, 6.07) is 5.52. The summed E-state index contributed by atoms with van der Waals surface area (Å²) in [6.45, 7) is 2.02. The average molecular weight is 329 g/mol. The van der Waals surface area contributed by atoms with Crippen LogP contribution in [-0.4, -0.2) is 39.2 Å². The molecule has 0 fully saturated rings. The maximum atomic E-state index is 12.4. The molecule has 1 aromatic carbocycles. The predicted octanol–water partition coefficient (Wildman–Crippen LogP) is 0.977. The second-order valence-electron chi connectivity index (χ2n) is 5.08. The van der Waals surface area contributed by atoms with Crippen LogP contribution in [0.2, 0.25) is 0 Å². The number of hydrogen-bond acceptors (Lipinski definition) is 6. The van der Waals surface area contributed by atoms with Gasteiger partial charge < -0.3 is 10.1 Å². The zero-order valence-electron chi connectivity index (χ0n) is 12.9. The lowest BCUT2D eigenvalue weighted by Gasteiger charge is -2.22. The number of carbonyl (C=O) groups excluding carboxylic acids is 3. The third-order valence-corrected chi connectivity index (χ3v) is 3.46. The van der Waals surface area contributed by atoms with Crippen LogP contribution in [0.4, 0.5) is 11.6 Å². The lowest BCUT2D eigenvalue weighted by molar-refractivity contribution is -0.125. The van der Waals surface area contributed by atoms with E-state index in [-0.39, 0.29) is 24.2 Å². The number of esters is 1. The number of nitrogens with one attached hydrogen (secondary N) is 2. The number of ether oxygens (including phenoxy) is 1. The van der Waals surface area contributed by atoms with Crippen molar-refractivity contribution in [3.63, 3.8) is 0 Å². The lowest BCUT2D eigenvalue weighted by atomic mass is 10.1. The Labute approximate surface area is 137 Å². The number of anilines is 2. The van der Waals surface area contributed by atoms with Gasteiger partial charge in [0.2, 0.25) is 17.8 Å². The van der Waals surface area contributed by atoms with Crippen molar-refractivity contribution in [2.75, 3.05) is 17.2 Å². The van der Waals surface area contributed by atoms with Crippen LogP contribution in [0.3, 0.4) is 0 Å². The van der Waals surface area contributed by atoms with Crippen molar-refractivity contribution in [3.05, 3.63) is 36.2 Å². The van der Waals surface area contributed by atoms with Gasteiger partial charge in [-0.05, 0) is 31.2 Å². The average Bonchev–Trinajstić information content (AvgIpc) is 3.03. The third-order valence-electron chi connectivity index (χ3n) is 3.46. The Hall–Kier alpha value is -3.23. The van der Waals surface area contributed by atoms with E-state index in [1.807, 2.05) is 0 Å². The third kappa shape index (κ3) is 3.09. The Kier molecular flexibility index (Phi) is 4.23. The van der Waals surface area contributed by atoms with E-state index in [1.54, 1.807) is 31.2 Å². The predicted molar refractivity (Wildman–Crippen MR) is 83.3 cm³/mol. The molecule has 3 rings (SSSR count). The van der Waals surface area contributed by atoms with Gasteiger partial charge in [0.05, 0.1) is 18.6 Å². The van der Waals surface area contributed by atoms with Crippen molar-refractivity contribution < 1.29 is 19.1 Å². The summed E-state index contributed by atoms with van der Waals surface area (Å²) in [4.78, 5) is 39.6. The van der Waals surface area contributed by atoms with Crippen LogP contribution in [0.5, 0.6) is 0 Å². The highest BCUT2D eigenvalue weighted by Gasteiger charge is 2.31. The van der Waals surface area contributed by atoms with Gasteiger partial charge in [-0.2, -0.15) is 10.1 Å². The molecule has 9 nitrogen and oxygen atoms in total. The van der Waals surface area contributed by atoms with Crippen LogP contribution in [0, 0.1) is 0 Å². The van der Waals surface area contributed by atoms with Crippen molar-refractivity contribution >= 4 is 29.4 Å². The van der Waals surface area contributed by atoms with Crippen molar-refractivity contribution in [3.8, 4) is 0 Å². The summed E-state index contributed by atoms with van der Waals surface area (Å²) in [6.07, 6.45) is 1.25. The molecule has 2 N–H and O–H groups in total. The van der Waals surface area contributed by atoms with Crippen LogP contribution >= 0.6 is 0 Å². The largest absolute Gasteiger partial charge is 0.462 e. The van der Waals surface area contributed by atoms with E-state index >= 15 is 0 Å². The molecule has 9 heteroatoms. The highest BCUT2D eigenvalue weighted by atomic mass is 16.5. The van der Waals surface area contributed by atoms with Crippen LogP contribution in [0.15, 0.2) is 30.6 Å². The SMILES string of the molecule is CCOC(=O)c1ccc(NC(=O)C2CC(=O)Nc3ncnn32)cc1. The minimum Gasteiger partial charge on any atom is -0.462 e. The number of nitrogens with zero attached hydrogens (tertiary/aromatic N) is 3. The fourth-order valence-corrected chi connectivity index (χ4v) is 2.34. The lowest BCUT2D eigenvalue weighted by Crippen LogP contribution is -2.36. The van der Waals surface area contributed by atoms with Crippen LogP contribution < -0.4 is 10.6 Å². The summed E-state index contributed by atoms with van der Waals surface area (Å²) < 4.78 is 6.26. The molecule has 2 aromatic rings. The molecule has 2 heterocycles. The molecule has 0 saturated heterocycles. The van der Waals surface area contributed by atoms with E-state index in [0.717, 1.165) is 0 Å². The first-order valence-corrected chi connectivity index (χ1v) is 7.36.